The molecule has 0 spiro atoms. The van der Waals surface area contributed by atoms with Crippen molar-refractivity contribution >= 4 is 6.29 Å². The summed E-state index contributed by atoms with van der Waals surface area (Å²) in [5.74, 6) is 1.24. The first-order valence-electron chi connectivity index (χ1n) is 5.90. The molecule has 4 nitrogen and oxygen atoms in total. The normalized spacial score (nSPS) is 10.2. The van der Waals surface area contributed by atoms with Crippen molar-refractivity contribution in [2.45, 2.75) is 13.5 Å². The van der Waals surface area contributed by atoms with Crippen LogP contribution in [-0.4, -0.2) is 18.4 Å². The third-order valence-electron chi connectivity index (χ3n) is 2.56. The summed E-state index contributed by atoms with van der Waals surface area (Å²) in [7, 11) is 1.61. The van der Waals surface area contributed by atoms with Crippen molar-refractivity contribution < 1.29 is 14.3 Å². The second kappa shape index (κ2) is 6.11. The van der Waals surface area contributed by atoms with E-state index in [4.69, 9.17) is 9.47 Å². The van der Waals surface area contributed by atoms with Gasteiger partial charge in [0.2, 0.25) is 0 Å². The zero-order valence-corrected chi connectivity index (χ0v) is 10.9. The number of benzene rings is 1. The maximum atomic E-state index is 10.9. The Labute approximate surface area is 112 Å². The van der Waals surface area contributed by atoms with Gasteiger partial charge in [-0.1, -0.05) is 0 Å². The lowest BCUT2D eigenvalue weighted by atomic mass is 10.1. The van der Waals surface area contributed by atoms with Crippen molar-refractivity contribution in [1.29, 1.82) is 0 Å². The molecule has 0 atom stereocenters. The topological polar surface area (TPSA) is 48.4 Å². The highest BCUT2D eigenvalue weighted by Crippen LogP contribution is 2.23. The lowest BCUT2D eigenvalue weighted by molar-refractivity contribution is 0.112. The molecule has 1 heterocycles. The van der Waals surface area contributed by atoms with Gasteiger partial charge in [0.25, 0.3) is 0 Å². The molecule has 2 aromatic rings. The van der Waals surface area contributed by atoms with Crippen molar-refractivity contribution in [1.82, 2.24) is 4.98 Å². The van der Waals surface area contributed by atoms with Gasteiger partial charge in [0, 0.05) is 18.4 Å². The predicted octanol–water partition coefficient (Wildman–Crippen LogP) is 3.14. The van der Waals surface area contributed by atoms with Gasteiger partial charge in [-0.2, -0.15) is 0 Å². The number of ether oxygens (including phenoxy) is 2. The van der Waals surface area contributed by atoms with Crippen LogP contribution < -0.4 is 4.74 Å². The van der Waals surface area contributed by atoms with Crippen LogP contribution in [0.3, 0.4) is 0 Å². The summed E-state index contributed by atoms with van der Waals surface area (Å²) < 4.78 is 10.8. The van der Waals surface area contributed by atoms with Crippen molar-refractivity contribution in [2.24, 2.45) is 0 Å². The minimum absolute atomic E-state index is 0.435. The lowest BCUT2D eigenvalue weighted by Crippen LogP contribution is -1.93. The lowest BCUT2D eigenvalue weighted by Gasteiger charge is -2.08. The molecular formula is C15H15NO3. The summed E-state index contributed by atoms with van der Waals surface area (Å²) in [4.78, 5) is 15.1. The first-order valence-corrected chi connectivity index (χ1v) is 5.90. The molecule has 98 valence electrons. The maximum Gasteiger partial charge on any atom is 0.150 e. The fraction of sp³-hybridized carbons (Fsp3) is 0.200. The Kier molecular flexibility index (Phi) is 4.26. The molecule has 0 aliphatic heterocycles. The summed E-state index contributed by atoms with van der Waals surface area (Å²) in [5.41, 5.74) is 2.38. The maximum absolute atomic E-state index is 10.9. The molecule has 0 aliphatic carbocycles. The van der Waals surface area contributed by atoms with Gasteiger partial charge in [0.05, 0.1) is 12.8 Å². The molecule has 1 aromatic heterocycles. The van der Waals surface area contributed by atoms with Crippen molar-refractivity contribution in [3.8, 4) is 11.5 Å². The number of aryl methyl sites for hydroxylation is 1. The number of hydrogen-bond donors (Lipinski definition) is 0. The van der Waals surface area contributed by atoms with Gasteiger partial charge in [-0.05, 0) is 42.8 Å². The van der Waals surface area contributed by atoms with E-state index >= 15 is 0 Å². The molecule has 0 aliphatic rings. The third-order valence-corrected chi connectivity index (χ3v) is 2.56. The summed E-state index contributed by atoms with van der Waals surface area (Å²) >= 11 is 0. The summed E-state index contributed by atoms with van der Waals surface area (Å²) in [5, 5.41) is 0. The van der Waals surface area contributed by atoms with Crippen LogP contribution in [-0.2, 0) is 11.3 Å². The second-order valence-corrected chi connectivity index (χ2v) is 4.20. The van der Waals surface area contributed by atoms with E-state index in [0.717, 1.165) is 17.5 Å². The van der Waals surface area contributed by atoms with E-state index in [1.165, 1.54) is 0 Å². The van der Waals surface area contributed by atoms with E-state index in [1.807, 2.05) is 25.1 Å². The largest absolute Gasteiger partial charge is 0.456 e. The Balaban J connectivity index is 2.25. The number of aldehydes is 1. The Hall–Kier alpha value is -2.20. The number of pyridine rings is 1. The SMILES string of the molecule is COCc1cc(C=O)cc(Oc2ccc(C)nc2)c1. The van der Waals surface area contributed by atoms with E-state index in [9.17, 15) is 4.79 Å². The minimum atomic E-state index is 0.435. The van der Waals surface area contributed by atoms with Crippen LogP contribution >= 0.6 is 0 Å². The first kappa shape index (κ1) is 13.2. The Morgan fingerprint density at radius 2 is 2.05 bits per heavy atom. The van der Waals surface area contributed by atoms with Crippen LogP contribution in [0.15, 0.2) is 36.5 Å². The van der Waals surface area contributed by atoms with E-state index in [0.29, 0.717) is 23.7 Å². The highest BCUT2D eigenvalue weighted by molar-refractivity contribution is 5.76. The first-order chi connectivity index (χ1) is 9.21. The molecule has 0 unspecified atom stereocenters. The fourth-order valence-electron chi connectivity index (χ4n) is 1.71. The van der Waals surface area contributed by atoms with E-state index in [-0.39, 0.29) is 0 Å². The standard InChI is InChI=1S/C15H15NO3/c1-11-3-4-14(8-16-11)19-15-6-12(9-17)5-13(7-15)10-18-2/h3-9H,10H2,1-2H3. The third kappa shape index (κ3) is 3.63. The molecule has 2 rings (SSSR count). The predicted molar refractivity (Wildman–Crippen MR) is 71.6 cm³/mol. The molecule has 4 heteroatoms. The average molecular weight is 257 g/mol. The monoisotopic (exact) mass is 257 g/mol. The van der Waals surface area contributed by atoms with Crippen molar-refractivity contribution in [3.05, 3.63) is 53.3 Å². The Bertz CT molecular complexity index is 564. The molecule has 0 N–H and O–H groups in total. The zero-order valence-electron chi connectivity index (χ0n) is 10.9. The van der Waals surface area contributed by atoms with Crippen LogP contribution in [0.2, 0.25) is 0 Å². The molecule has 0 radical (unpaired) electrons. The number of nitrogens with zero attached hydrogens (tertiary/aromatic N) is 1. The Morgan fingerprint density at radius 1 is 1.21 bits per heavy atom. The highest BCUT2D eigenvalue weighted by Gasteiger charge is 2.03. The van der Waals surface area contributed by atoms with Gasteiger partial charge in [-0.25, -0.2) is 0 Å². The molecule has 0 saturated heterocycles. The average Bonchev–Trinajstić information content (AvgIpc) is 2.41. The van der Waals surface area contributed by atoms with Gasteiger partial charge in [0.1, 0.15) is 17.8 Å². The molecule has 1 aromatic carbocycles. The quantitative estimate of drug-likeness (QED) is 0.772. The van der Waals surface area contributed by atoms with E-state index in [1.54, 1.807) is 25.4 Å². The number of hydrogen-bond acceptors (Lipinski definition) is 4. The van der Waals surface area contributed by atoms with Crippen LogP contribution in [0.4, 0.5) is 0 Å². The minimum Gasteiger partial charge on any atom is -0.456 e. The molecule has 0 amide bonds. The highest BCUT2D eigenvalue weighted by atomic mass is 16.5. The number of methoxy groups -OCH3 is 1. The van der Waals surface area contributed by atoms with Crippen molar-refractivity contribution in [2.75, 3.05) is 7.11 Å². The smallest absolute Gasteiger partial charge is 0.150 e. The zero-order chi connectivity index (χ0) is 13.7. The number of carbonyl (C=O) groups is 1. The van der Waals surface area contributed by atoms with Crippen LogP contribution in [0.1, 0.15) is 21.6 Å². The summed E-state index contributed by atoms with van der Waals surface area (Å²) in [6.07, 6.45) is 2.44. The molecule has 0 saturated carbocycles. The van der Waals surface area contributed by atoms with Gasteiger partial charge in [-0.3, -0.25) is 9.78 Å². The van der Waals surface area contributed by atoms with Gasteiger partial charge >= 0.3 is 0 Å². The van der Waals surface area contributed by atoms with Gasteiger partial charge < -0.3 is 9.47 Å². The summed E-state index contributed by atoms with van der Waals surface area (Å²) in [6.45, 7) is 2.34. The number of aromatic nitrogens is 1. The molecule has 0 bridgehead atoms. The van der Waals surface area contributed by atoms with Crippen LogP contribution in [0, 0.1) is 6.92 Å². The molecular weight excluding hydrogens is 242 g/mol. The molecule has 19 heavy (non-hydrogen) atoms. The van der Waals surface area contributed by atoms with Crippen LogP contribution in [0.5, 0.6) is 11.5 Å². The summed E-state index contributed by atoms with van der Waals surface area (Å²) in [6, 6.07) is 9.01. The number of rotatable bonds is 5. The molecule has 0 fully saturated rings. The Morgan fingerprint density at radius 3 is 2.68 bits per heavy atom. The van der Waals surface area contributed by atoms with E-state index < -0.39 is 0 Å². The van der Waals surface area contributed by atoms with E-state index in [2.05, 4.69) is 4.98 Å². The van der Waals surface area contributed by atoms with Gasteiger partial charge in [0.15, 0.2) is 0 Å². The second-order valence-electron chi connectivity index (χ2n) is 4.20. The number of carbonyl (C=O) groups excluding carboxylic acids is 1. The van der Waals surface area contributed by atoms with Gasteiger partial charge in [-0.15, -0.1) is 0 Å². The van der Waals surface area contributed by atoms with Crippen LogP contribution in [0.25, 0.3) is 0 Å². The fourth-order valence-corrected chi connectivity index (χ4v) is 1.71. The van der Waals surface area contributed by atoms with Crippen molar-refractivity contribution in [3.63, 3.8) is 0 Å².